The van der Waals surface area contributed by atoms with Gasteiger partial charge in [-0.2, -0.15) is 0 Å². The molecule has 3 rings (SSSR count). The molecule has 1 aromatic heterocycles. The molecule has 0 bridgehead atoms. The molecule has 0 unspecified atom stereocenters. The largest absolute Gasteiger partial charge is 0.295 e. The standard InChI is InChI=1S/C19H18N2O2/c22-19(18-13-16-10-4-5-11-17(16)14-20-18)21(23)12-6-9-15-7-2-1-3-8-15/h1-5,7-8,10-11,13-14,23H,6,9,12H2. The third kappa shape index (κ3) is 3.73. The second-order valence-corrected chi connectivity index (χ2v) is 5.43. The van der Waals surface area contributed by atoms with Crippen LogP contribution < -0.4 is 0 Å². The van der Waals surface area contributed by atoms with E-state index < -0.39 is 5.91 Å². The number of hydroxylamine groups is 2. The summed E-state index contributed by atoms with van der Waals surface area (Å²) in [6.45, 7) is 0.280. The molecule has 1 heterocycles. The lowest BCUT2D eigenvalue weighted by atomic mass is 10.1. The van der Waals surface area contributed by atoms with Gasteiger partial charge in [0.1, 0.15) is 5.69 Å². The van der Waals surface area contributed by atoms with Gasteiger partial charge in [0.25, 0.3) is 5.91 Å². The van der Waals surface area contributed by atoms with E-state index in [4.69, 9.17) is 0 Å². The summed E-state index contributed by atoms with van der Waals surface area (Å²) in [6.07, 6.45) is 3.16. The van der Waals surface area contributed by atoms with Crippen LogP contribution in [0.3, 0.4) is 0 Å². The van der Waals surface area contributed by atoms with E-state index in [0.29, 0.717) is 6.42 Å². The Morgan fingerprint density at radius 2 is 1.70 bits per heavy atom. The highest BCUT2D eigenvalue weighted by Crippen LogP contribution is 2.14. The van der Waals surface area contributed by atoms with E-state index in [1.165, 1.54) is 5.56 Å². The average molecular weight is 306 g/mol. The zero-order chi connectivity index (χ0) is 16.1. The van der Waals surface area contributed by atoms with E-state index in [1.54, 1.807) is 12.3 Å². The molecule has 0 spiro atoms. The van der Waals surface area contributed by atoms with Gasteiger partial charge in [-0.3, -0.25) is 15.0 Å². The van der Waals surface area contributed by atoms with E-state index in [1.807, 2.05) is 54.6 Å². The van der Waals surface area contributed by atoms with E-state index >= 15 is 0 Å². The maximum absolute atomic E-state index is 12.2. The first-order valence-electron chi connectivity index (χ1n) is 7.63. The van der Waals surface area contributed by atoms with Crippen LogP contribution in [0.15, 0.2) is 66.9 Å². The number of hydrogen-bond donors (Lipinski definition) is 1. The molecule has 116 valence electrons. The molecule has 2 aromatic carbocycles. The SMILES string of the molecule is O=C(c1cc2ccccc2cn1)N(O)CCCc1ccccc1. The van der Waals surface area contributed by atoms with Crippen molar-refractivity contribution in [3.63, 3.8) is 0 Å². The van der Waals surface area contributed by atoms with Gasteiger partial charge in [0.15, 0.2) is 0 Å². The van der Waals surface area contributed by atoms with Crippen LogP contribution >= 0.6 is 0 Å². The molecule has 4 nitrogen and oxygen atoms in total. The molecule has 1 amide bonds. The number of fused-ring (bicyclic) bond motifs is 1. The fraction of sp³-hybridized carbons (Fsp3) is 0.158. The lowest BCUT2D eigenvalue weighted by molar-refractivity contribution is -0.0589. The number of aryl methyl sites for hydroxylation is 1. The predicted octanol–water partition coefficient (Wildman–Crippen LogP) is 3.70. The third-order valence-corrected chi connectivity index (χ3v) is 3.76. The lowest BCUT2D eigenvalue weighted by Crippen LogP contribution is -2.29. The van der Waals surface area contributed by atoms with E-state index in [0.717, 1.165) is 22.3 Å². The molecule has 3 aromatic rings. The molecule has 0 fully saturated rings. The van der Waals surface area contributed by atoms with Crippen molar-refractivity contribution in [2.45, 2.75) is 12.8 Å². The van der Waals surface area contributed by atoms with E-state index in [2.05, 4.69) is 4.98 Å². The highest BCUT2D eigenvalue weighted by Gasteiger charge is 2.15. The second-order valence-electron chi connectivity index (χ2n) is 5.43. The molecular weight excluding hydrogens is 288 g/mol. The molecule has 0 aliphatic heterocycles. The molecule has 0 aliphatic rings. The van der Waals surface area contributed by atoms with Crippen LogP contribution in [0.5, 0.6) is 0 Å². The maximum atomic E-state index is 12.2. The third-order valence-electron chi connectivity index (χ3n) is 3.76. The van der Waals surface area contributed by atoms with Gasteiger partial charge in [0.05, 0.1) is 0 Å². The molecule has 0 saturated carbocycles. The monoisotopic (exact) mass is 306 g/mol. The van der Waals surface area contributed by atoms with Gasteiger partial charge in [-0.15, -0.1) is 0 Å². The molecule has 1 N–H and O–H groups in total. The number of hydrogen-bond acceptors (Lipinski definition) is 3. The van der Waals surface area contributed by atoms with Crippen LogP contribution in [0.25, 0.3) is 10.8 Å². The first-order valence-corrected chi connectivity index (χ1v) is 7.63. The van der Waals surface area contributed by atoms with E-state index in [9.17, 15) is 10.0 Å². The van der Waals surface area contributed by atoms with Crippen LogP contribution in [0.4, 0.5) is 0 Å². The van der Waals surface area contributed by atoms with Crippen molar-refractivity contribution in [2.75, 3.05) is 6.54 Å². The van der Waals surface area contributed by atoms with Crippen molar-refractivity contribution in [3.8, 4) is 0 Å². The van der Waals surface area contributed by atoms with Crippen LogP contribution in [-0.2, 0) is 6.42 Å². The van der Waals surface area contributed by atoms with Crippen LogP contribution in [0, 0.1) is 0 Å². The predicted molar refractivity (Wildman–Crippen MR) is 89.3 cm³/mol. The Hall–Kier alpha value is -2.72. The fourth-order valence-corrected chi connectivity index (χ4v) is 2.51. The molecule has 0 atom stereocenters. The van der Waals surface area contributed by atoms with Crippen LogP contribution in [-0.4, -0.2) is 27.7 Å². The topological polar surface area (TPSA) is 53.4 Å². The van der Waals surface area contributed by atoms with Gasteiger partial charge in [-0.25, -0.2) is 5.06 Å². The van der Waals surface area contributed by atoms with Crippen molar-refractivity contribution in [1.29, 1.82) is 0 Å². The molecule has 0 radical (unpaired) electrons. The van der Waals surface area contributed by atoms with Gasteiger partial charge < -0.3 is 0 Å². The van der Waals surface area contributed by atoms with Gasteiger partial charge in [-0.1, -0.05) is 54.6 Å². The Bertz CT molecular complexity index is 803. The minimum Gasteiger partial charge on any atom is -0.286 e. The van der Waals surface area contributed by atoms with Gasteiger partial charge >= 0.3 is 0 Å². The van der Waals surface area contributed by atoms with Crippen molar-refractivity contribution in [1.82, 2.24) is 10.0 Å². The van der Waals surface area contributed by atoms with Crippen molar-refractivity contribution in [3.05, 3.63) is 78.1 Å². The second kappa shape index (κ2) is 7.03. The van der Waals surface area contributed by atoms with Crippen LogP contribution in [0.1, 0.15) is 22.5 Å². The highest BCUT2D eigenvalue weighted by atomic mass is 16.5. The maximum Gasteiger partial charge on any atom is 0.295 e. The number of amides is 1. The molecule has 4 heteroatoms. The first-order chi connectivity index (χ1) is 11.2. The summed E-state index contributed by atoms with van der Waals surface area (Å²) < 4.78 is 0. The molecular formula is C19H18N2O2. The lowest BCUT2D eigenvalue weighted by Gasteiger charge is -2.14. The Morgan fingerprint density at radius 3 is 2.48 bits per heavy atom. The quantitative estimate of drug-likeness (QED) is 0.577. The Balaban J connectivity index is 1.61. The summed E-state index contributed by atoms with van der Waals surface area (Å²) >= 11 is 0. The summed E-state index contributed by atoms with van der Waals surface area (Å²) in [4.78, 5) is 16.4. The molecule has 0 aliphatic carbocycles. The van der Waals surface area contributed by atoms with Gasteiger partial charge in [0, 0.05) is 18.1 Å². The summed E-state index contributed by atoms with van der Waals surface area (Å²) in [5, 5.41) is 12.6. The van der Waals surface area contributed by atoms with Crippen molar-refractivity contribution < 1.29 is 10.0 Å². The van der Waals surface area contributed by atoms with Gasteiger partial charge in [0.2, 0.25) is 0 Å². The smallest absolute Gasteiger partial charge is 0.286 e. The molecule has 23 heavy (non-hydrogen) atoms. The summed E-state index contributed by atoms with van der Waals surface area (Å²) in [6, 6.07) is 19.4. The zero-order valence-corrected chi connectivity index (χ0v) is 12.7. The fourth-order valence-electron chi connectivity index (χ4n) is 2.51. The minimum absolute atomic E-state index is 0.255. The normalized spacial score (nSPS) is 10.7. The number of benzene rings is 2. The Morgan fingerprint density at radius 1 is 1.00 bits per heavy atom. The van der Waals surface area contributed by atoms with Crippen molar-refractivity contribution in [2.24, 2.45) is 0 Å². The number of carbonyl (C=O) groups excluding carboxylic acids is 1. The van der Waals surface area contributed by atoms with E-state index in [-0.39, 0.29) is 12.2 Å². The number of rotatable bonds is 5. The van der Waals surface area contributed by atoms with Crippen molar-refractivity contribution >= 4 is 16.7 Å². The molecule has 0 saturated heterocycles. The number of aromatic nitrogens is 1. The summed E-state index contributed by atoms with van der Waals surface area (Å²) in [5.41, 5.74) is 1.45. The highest BCUT2D eigenvalue weighted by molar-refractivity contribution is 5.95. The average Bonchev–Trinajstić information content (AvgIpc) is 2.61. The minimum atomic E-state index is -0.469. The first kappa shape index (κ1) is 15.2. The zero-order valence-electron chi connectivity index (χ0n) is 12.7. The Kier molecular flexibility index (Phi) is 4.64. The Labute approximate surface area is 135 Å². The van der Waals surface area contributed by atoms with Crippen LogP contribution in [0.2, 0.25) is 0 Å². The van der Waals surface area contributed by atoms with Gasteiger partial charge in [-0.05, 0) is 29.9 Å². The number of pyridine rings is 1. The summed E-state index contributed by atoms with van der Waals surface area (Å²) in [7, 11) is 0. The summed E-state index contributed by atoms with van der Waals surface area (Å²) in [5.74, 6) is -0.469. The number of carbonyl (C=O) groups is 1. The number of nitrogens with zero attached hydrogens (tertiary/aromatic N) is 2.